The van der Waals surface area contributed by atoms with Gasteiger partial charge in [-0.15, -0.1) is 0 Å². The van der Waals surface area contributed by atoms with Crippen LogP contribution >= 0.6 is 0 Å². The molecule has 106 valence electrons. The molecule has 0 spiro atoms. The zero-order chi connectivity index (χ0) is 14.9. The summed E-state index contributed by atoms with van der Waals surface area (Å²) in [6.45, 7) is 1.55. The molecule has 0 aliphatic heterocycles. The van der Waals surface area contributed by atoms with Crippen LogP contribution in [0.25, 0.3) is 5.69 Å². The van der Waals surface area contributed by atoms with Crippen molar-refractivity contribution in [2.45, 2.75) is 13.0 Å². The Bertz CT molecular complexity index is 635. The fourth-order valence-electron chi connectivity index (χ4n) is 1.90. The minimum atomic E-state index is -0.835. The van der Waals surface area contributed by atoms with E-state index in [2.05, 4.69) is 5.10 Å². The van der Waals surface area contributed by atoms with Gasteiger partial charge in [0.25, 0.3) is 5.91 Å². The predicted octanol–water partition coefficient (Wildman–Crippen LogP) is 1.77. The molecule has 1 atom stereocenters. The highest BCUT2D eigenvalue weighted by molar-refractivity contribution is 5.91. The van der Waals surface area contributed by atoms with Crippen molar-refractivity contribution in [3.8, 4) is 5.69 Å². The van der Waals surface area contributed by atoms with Crippen LogP contribution in [0.3, 0.4) is 0 Å². The molecule has 6 heteroatoms. The Morgan fingerprint density at radius 3 is 2.70 bits per heavy atom. The number of aliphatic hydroxyl groups excluding tert-OH is 1. The largest absolute Gasteiger partial charge is 0.389 e. The molecule has 0 radical (unpaired) electrons. The van der Waals surface area contributed by atoms with Gasteiger partial charge in [-0.2, -0.15) is 5.10 Å². The molecule has 0 aliphatic rings. The average molecular weight is 277 g/mol. The molecule has 0 fully saturated rings. The van der Waals surface area contributed by atoms with E-state index in [1.165, 1.54) is 34.0 Å². The van der Waals surface area contributed by atoms with Crippen LogP contribution in [0, 0.1) is 5.82 Å². The van der Waals surface area contributed by atoms with Gasteiger partial charge in [0.1, 0.15) is 11.5 Å². The highest BCUT2D eigenvalue weighted by Crippen LogP contribution is 2.24. The molecule has 1 N–H and O–H groups in total. The van der Waals surface area contributed by atoms with Gasteiger partial charge in [-0.05, 0) is 19.1 Å². The lowest BCUT2D eigenvalue weighted by molar-refractivity contribution is 0.0821. The summed E-state index contributed by atoms with van der Waals surface area (Å²) in [5.74, 6) is -0.769. The number of nitrogens with zero attached hydrogens (tertiary/aromatic N) is 3. The summed E-state index contributed by atoms with van der Waals surface area (Å²) in [5, 5.41) is 13.8. The monoisotopic (exact) mass is 277 g/mol. The number of aromatic nitrogens is 2. The molecular weight excluding hydrogens is 261 g/mol. The Morgan fingerprint density at radius 1 is 1.40 bits per heavy atom. The van der Waals surface area contributed by atoms with Gasteiger partial charge in [0.15, 0.2) is 5.69 Å². The molecule has 1 aromatic heterocycles. The normalized spacial score (nSPS) is 12.2. The number of hydrogen-bond acceptors (Lipinski definition) is 3. The maximum absolute atomic E-state index is 14.0. The van der Waals surface area contributed by atoms with Crippen LogP contribution in [0.4, 0.5) is 4.39 Å². The van der Waals surface area contributed by atoms with Crippen LogP contribution in [0.1, 0.15) is 29.1 Å². The zero-order valence-electron chi connectivity index (χ0n) is 11.5. The van der Waals surface area contributed by atoms with Crippen LogP contribution in [-0.4, -0.2) is 39.8 Å². The van der Waals surface area contributed by atoms with Gasteiger partial charge in [0, 0.05) is 25.9 Å². The molecular formula is C14H16FN3O2. The van der Waals surface area contributed by atoms with E-state index in [4.69, 9.17) is 0 Å². The lowest BCUT2D eigenvalue weighted by Crippen LogP contribution is -2.22. The van der Waals surface area contributed by atoms with E-state index in [9.17, 15) is 14.3 Å². The second kappa shape index (κ2) is 5.42. The number of halogens is 1. The molecule has 1 amide bonds. The zero-order valence-corrected chi connectivity index (χ0v) is 11.5. The first-order valence-electron chi connectivity index (χ1n) is 6.16. The predicted molar refractivity (Wildman–Crippen MR) is 72.2 cm³/mol. The number of aliphatic hydroxyl groups is 1. The molecule has 0 unspecified atom stereocenters. The standard InChI is InChI=1S/C14H16FN3O2/c1-9(19)10-5-4-6-11(15)13(10)18-8-7-12(16-18)14(20)17(2)3/h4-9,19H,1-3H3/t9-/m1/s1. The van der Waals surface area contributed by atoms with Crippen LogP contribution in [0.2, 0.25) is 0 Å². The average Bonchev–Trinajstić information content (AvgIpc) is 2.86. The third kappa shape index (κ3) is 2.55. The highest BCUT2D eigenvalue weighted by Gasteiger charge is 2.17. The van der Waals surface area contributed by atoms with Crippen molar-refractivity contribution < 1.29 is 14.3 Å². The van der Waals surface area contributed by atoms with Gasteiger partial charge >= 0.3 is 0 Å². The number of amides is 1. The second-order valence-corrected chi connectivity index (χ2v) is 4.70. The van der Waals surface area contributed by atoms with Crippen LogP contribution < -0.4 is 0 Å². The SMILES string of the molecule is C[C@@H](O)c1cccc(F)c1-n1ccc(C(=O)N(C)C)n1. The van der Waals surface area contributed by atoms with Gasteiger partial charge in [-0.25, -0.2) is 9.07 Å². The Kier molecular flexibility index (Phi) is 3.85. The number of carbonyl (C=O) groups excluding carboxylic acids is 1. The number of hydrogen-bond donors (Lipinski definition) is 1. The summed E-state index contributed by atoms with van der Waals surface area (Å²) in [6, 6.07) is 5.95. The van der Waals surface area contributed by atoms with E-state index < -0.39 is 11.9 Å². The van der Waals surface area contributed by atoms with Gasteiger partial charge in [0.2, 0.25) is 0 Å². The third-order valence-electron chi connectivity index (χ3n) is 2.91. The van der Waals surface area contributed by atoms with E-state index in [1.807, 2.05) is 0 Å². The second-order valence-electron chi connectivity index (χ2n) is 4.70. The van der Waals surface area contributed by atoms with Gasteiger partial charge in [-0.3, -0.25) is 4.79 Å². The Morgan fingerprint density at radius 2 is 2.10 bits per heavy atom. The van der Waals surface area contributed by atoms with Gasteiger partial charge < -0.3 is 10.0 Å². The first-order valence-corrected chi connectivity index (χ1v) is 6.16. The minimum Gasteiger partial charge on any atom is -0.389 e. The lowest BCUT2D eigenvalue weighted by atomic mass is 10.1. The van der Waals surface area contributed by atoms with Crippen molar-refractivity contribution in [1.29, 1.82) is 0 Å². The van der Waals surface area contributed by atoms with E-state index in [0.29, 0.717) is 5.56 Å². The minimum absolute atomic E-state index is 0.153. The molecule has 1 aromatic carbocycles. The molecule has 20 heavy (non-hydrogen) atoms. The highest BCUT2D eigenvalue weighted by atomic mass is 19.1. The molecule has 0 bridgehead atoms. The van der Waals surface area contributed by atoms with E-state index in [-0.39, 0.29) is 17.3 Å². The molecule has 0 saturated heterocycles. The summed E-state index contributed by atoms with van der Waals surface area (Å²) in [6.07, 6.45) is 0.666. The fourth-order valence-corrected chi connectivity index (χ4v) is 1.90. The van der Waals surface area contributed by atoms with E-state index >= 15 is 0 Å². The van der Waals surface area contributed by atoms with Crippen LogP contribution in [0.5, 0.6) is 0 Å². The number of para-hydroxylation sites is 1. The van der Waals surface area contributed by atoms with Crippen molar-refractivity contribution in [1.82, 2.24) is 14.7 Å². The fraction of sp³-hybridized carbons (Fsp3) is 0.286. The first-order chi connectivity index (χ1) is 9.41. The number of benzene rings is 1. The van der Waals surface area contributed by atoms with Crippen molar-refractivity contribution in [3.05, 3.63) is 47.5 Å². The quantitative estimate of drug-likeness (QED) is 0.930. The van der Waals surface area contributed by atoms with Gasteiger partial charge in [-0.1, -0.05) is 12.1 Å². The summed E-state index contributed by atoms with van der Waals surface area (Å²) in [4.78, 5) is 13.2. The summed E-state index contributed by atoms with van der Waals surface area (Å²) in [5.41, 5.74) is 0.784. The maximum atomic E-state index is 14.0. The molecule has 0 aliphatic carbocycles. The molecule has 1 heterocycles. The summed E-state index contributed by atoms with van der Waals surface area (Å²) < 4.78 is 15.3. The van der Waals surface area contributed by atoms with Crippen molar-refractivity contribution in [2.75, 3.05) is 14.1 Å². The molecule has 2 rings (SSSR count). The van der Waals surface area contributed by atoms with Crippen LogP contribution in [-0.2, 0) is 0 Å². The van der Waals surface area contributed by atoms with Crippen molar-refractivity contribution in [3.63, 3.8) is 0 Å². The summed E-state index contributed by atoms with van der Waals surface area (Å²) in [7, 11) is 3.23. The third-order valence-corrected chi connectivity index (χ3v) is 2.91. The van der Waals surface area contributed by atoms with Crippen molar-refractivity contribution >= 4 is 5.91 Å². The molecule has 2 aromatic rings. The van der Waals surface area contributed by atoms with Crippen LogP contribution in [0.15, 0.2) is 30.5 Å². The van der Waals surface area contributed by atoms with E-state index in [1.54, 1.807) is 27.1 Å². The van der Waals surface area contributed by atoms with Gasteiger partial charge in [0.05, 0.1) is 6.10 Å². The molecule has 5 nitrogen and oxygen atoms in total. The Balaban J connectivity index is 2.50. The first kappa shape index (κ1) is 14.2. The maximum Gasteiger partial charge on any atom is 0.273 e. The van der Waals surface area contributed by atoms with E-state index in [0.717, 1.165) is 0 Å². The summed E-state index contributed by atoms with van der Waals surface area (Å²) >= 11 is 0. The smallest absolute Gasteiger partial charge is 0.273 e. The molecule has 0 saturated carbocycles. The number of rotatable bonds is 3. The number of carbonyl (C=O) groups is 1. The topological polar surface area (TPSA) is 58.4 Å². The van der Waals surface area contributed by atoms with Crippen molar-refractivity contribution in [2.24, 2.45) is 0 Å². The lowest BCUT2D eigenvalue weighted by Gasteiger charge is -2.13. The Hall–Kier alpha value is -2.21. The Labute approximate surface area is 116 Å².